The molecule has 0 fully saturated rings. The molecule has 3 nitrogen and oxygen atoms in total. The third-order valence-electron chi connectivity index (χ3n) is 3.29. The van der Waals surface area contributed by atoms with E-state index in [1.54, 1.807) is 6.07 Å². The van der Waals surface area contributed by atoms with E-state index in [9.17, 15) is 18.4 Å². The average Bonchev–Trinajstić information content (AvgIpc) is 2.68. The fourth-order valence-corrected chi connectivity index (χ4v) is 2.65. The third kappa shape index (κ3) is 2.25. The maximum absolute atomic E-state index is 13.5. The second-order valence-corrected chi connectivity index (χ2v) is 5.39. The zero-order valence-corrected chi connectivity index (χ0v) is 12.2. The lowest BCUT2D eigenvalue weighted by atomic mass is 10.1. The summed E-state index contributed by atoms with van der Waals surface area (Å²) < 4.78 is 27.1. The smallest absolute Gasteiger partial charge is 0.299 e. The molecule has 0 radical (unpaired) electrons. The maximum Gasteiger partial charge on any atom is 0.299 e. The van der Waals surface area contributed by atoms with Crippen molar-refractivity contribution in [3.05, 3.63) is 63.6 Å². The van der Waals surface area contributed by atoms with Crippen LogP contribution in [0.25, 0.3) is 0 Å². The normalized spacial score (nSPS) is 13.8. The van der Waals surface area contributed by atoms with Gasteiger partial charge in [-0.05, 0) is 45.8 Å². The summed E-state index contributed by atoms with van der Waals surface area (Å²) in [6.07, 6.45) is 0. The van der Waals surface area contributed by atoms with E-state index in [1.807, 2.05) is 0 Å². The molecule has 0 N–H and O–H groups in total. The van der Waals surface area contributed by atoms with Crippen molar-refractivity contribution in [2.75, 3.05) is 4.90 Å². The van der Waals surface area contributed by atoms with Crippen LogP contribution in [0.2, 0.25) is 0 Å². The number of hydrogen-bond acceptors (Lipinski definition) is 2. The van der Waals surface area contributed by atoms with Crippen LogP contribution in [0.3, 0.4) is 0 Å². The molecule has 0 bridgehead atoms. The first-order valence-corrected chi connectivity index (χ1v) is 6.87. The first-order chi connectivity index (χ1) is 9.99. The van der Waals surface area contributed by atoms with Gasteiger partial charge in [-0.25, -0.2) is 8.78 Å². The molecule has 106 valence electrons. The van der Waals surface area contributed by atoms with Crippen molar-refractivity contribution < 1.29 is 18.4 Å². The van der Waals surface area contributed by atoms with Gasteiger partial charge in [-0.2, -0.15) is 0 Å². The van der Waals surface area contributed by atoms with Gasteiger partial charge in [-0.3, -0.25) is 9.59 Å². The number of ketones is 1. The van der Waals surface area contributed by atoms with Crippen molar-refractivity contribution in [2.45, 2.75) is 6.54 Å². The van der Waals surface area contributed by atoms with Crippen molar-refractivity contribution in [1.29, 1.82) is 0 Å². The minimum Gasteiger partial charge on any atom is -0.300 e. The number of anilines is 1. The van der Waals surface area contributed by atoms with Gasteiger partial charge in [0.15, 0.2) is 0 Å². The van der Waals surface area contributed by atoms with E-state index in [0.717, 1.165) is 17.0 Å². The van der Waals surface area contributed by atoms with Crippen molar-refractivity contribution in [2.24, 2.45) is 0 Å². The molecule has 1 amide bonds. The van der Waals surface area contributed by atoms with Gasteiger partial charge >= 0.3 is 0 Å². The summed E-state index contributed by atoms with van der Waals surface area (Å²) in [5.41, 5.74) is 0.864. The van der Waals surface area contributed by atoms with Crippen molar-refractivity contribution in [3.8, 4) is 0 Å². The van der Waals surface area contributed by atoms with Crippen molar-refractivity contribution in [3.63, 3.8) is 0 Å². The molecule has 0 spiro atoms. The lowest BCUT2D eigenvalue weighted by Crippen LogP contribution is -2.29. The summed E-state index contributed by atoms with van der Waals surface area (Å²) in [5.74, 6) is -2.44. The molecule has 0 atom stereocenters. The molecule has 0 saturated heterocycles. The van der Waals surface area contributed by atoms with E-state index >= 15 is 0 Å². The zero-order chi connectivity index (χ0) is 15.1. The Hall–Kier alpha value is -2.08. The molecule has 6 heteroatoms. The lowest BCUT2D eigenvalue weighted by Gasteiger charge is -2.17. The molecule has 21 heavy (non-hydrogen) atoms. The largest absolute Gasteiger partial charge is 0.300 e. The van der Waals surface area contributed by atoms with Crippen LogP contribution in [0.15, 0.2) is 40.9 Å². The van der Waals surface area contributed by atoms with Gasteiger partial charge in [0.25, 0.3) is 11.7 Å². The number of benzene rings is 2. The minimum atomic E-state index is -0.744. The zero-order valence-electron chi connectivity index (χ0n) is 10.6. The number of fused-ring (bicyclic) bond motifs is 1. The Balaban J connectivity index is 2.04. The highest BCUT2D eigenvalue weighted by Gasteiger charge is 2.36. The third-order valence-corrected chi connectivity index (χ3v) is 4.18. The molecule has 2 aromatic rings. The number of halogens is 3. The van der Waals surface area contributed by atoms with Crippen LogP contribution < -0.4 is 4.90 Å². The van der Waals surface area contributed by atoms with Crippen LogP contribution in [-0.2, 0) is 11.3 Å². The van der Waals surface area contributed by atoms with Gasteiger partial charge in [0, 0.05) is 0 Å². The highest BCUT2D eigenvalue weighted by Crippen LogP contribution is 2.32. The van der Waals surface area contributed by atoms with Crippen LogP contribution in [0.5, 0.6) is 0 Å². The molecular weight excluding hydrogens is 344 g/mol. The second kappa shape index (κ2) is 5.04. The van der Waals surface area contributed by atoms with E-state index in [-0.39, 0.29) is 22.3 Å². The number of carbonyl (C=O) groups is 2. The summed E-state index contributed by atoms with van der Waals surface area (Å²) in [7, 11) is 0. The van der Waals surface area contributed by atoms with Gasteiger partial charge in [0.05, 0.1) is 22.3 Å². The fourth-order valence-electron chi connectivity index (χ4n) is 2.27. The van der Waals surface area contributed by atoms with Gasteiger partial charge in [-0.1, -0.05) is 12.1 Å². The molecule has 1 aliphatic heterocycles. The number of amides is 1. The topological polar surface area (TPSA) is 37.4 Å². The molecule has 0 aliphatic carbocycles. The number of carbonyl (C=O) groups excluding carboxylic acids is 2. The maximum atomic E-state index is 13.5. The fraction of sp³-hybridized carbons (Fsp3) is 0.0667. The standard InChI is InChI=1S/C15H8BrF2NO2/c16-13-8(2-1-3-11(13)18)7-19-12-6-9(17)4-5-10(12)14(20)15(19)21/h1-6H,7H2. The Kier molecular flexibility index (Phi) is 3.33. The Labute approximate surface area is 127 Å². The molecule has 0 unspecified atom stereocenters. The molecular formula is C15H8BrF2NO2. The van der Waals surface area contributed by atoms with E-state index < -0.39 is 23.3 Å². The van der Waals surface area contributed by atoms with Crippen LogP contribution in [0, 0.1) is 11.6 Å². The molecule has 2 aromatic carbocycles. The minimum absolute atomic E-state index is 0.0145. The number of nitrogens with zero attached hydrogens (tertiary/aromatic N) is 1. The van der Waals surface area contributed by atoms with Crippen LogP contribution in [0.1, 0.15) is 15.9 Å². The summed E-state index contributed by atoms with van der Waals surface area (Å²) in [4.78, 5) is 25.0. The van der Waals surface area contributed by atoms with E-state index in [0.29, 0.717) is 5.56 Å². The van der Waals surface area contributed by atoms with Crippen LogP contribution in [0.4, 0.5) is 14.5 Å². The van der Waals surface area contributed by atoms with Crippen molar-refractivity contribution >= 4 is 33.3 Å². The Morgan fingerprint density at radius 1 is 1.10 bits per heavy atom. The van der Waals surface area contributed by atoms with E-state index in [2.05, 4.69) is 15.9 Å². The van der Waals surface area contributed by atoms with Gasteiger partial charge in [-0.15, -0.1) is 0 Å². The van der Waals surface area contributed by atoms with Crippen LogP contribution in [-0.4, -0.2) is 11.7 Å². The van der Waals surface area contributed by atoms with E-state index in [4.69, 9.17) is 0 Å². The summed E-state index contributed by atoms with van der Waals surface area (Å²) in [6, 6.07) is 7.95. The number of Topliss-reactive ketones (excluding diaryl/α,β-unsaturated/α-hetero) is 1. The highest BCUT2D eigenvalue weighted by molar-refractivity contribution is 9.10. The number of hydrogen-bond donors (Lipinski definition) is 0. The molecule has 0 aromatic heterocycles. The quantitative estimate of drug-likeness (QED) is 0.777. The SMILES string of the molecule is O=C1C(=O)N(Cc2cccc(F)c2Br)c2cc(F)ccc21. The summed E-state index contributed by atoms with van der Waals surface area (Å²) in [5, 5.41) is 0. The first kappa shape index (κ1) is 13.9. The lowest BCUT2D eigenvalue weighted by molar-refractivity contribution is -0.114. The molecule has 1 aliphatic rings. The molecule has 0 saturated carbocycles. The van der Waals surface area contributed by atoms with Crippen LogP contribution >= 0.6 is 15.9 Å². The Bertz CT molecular complexity index is 776. The number of rotatable bonds is 2. The van der Waals surface area contributed by atoms with Gasteiger partial charge < -0.3 is 4.90 Å². The first-order valence-electron chi connectivity index (χ1n) is 6.07. The summed E-state index contributed by atoms with van der Waals surface area (Å²) in [6.45, 7) is -0.0145. The monoisotopic (exact) mass is 351 g/mol. The predicted octanol–water partition coefficient (Wildman–Crippen LogP) is 3.46. The van der Waals surface area contributed by atoms with E-state index in [1.165, 1.54) is 18.2 Å². The molecule has 1 heterocycles. The summed E-state index contributed by atoms with van der Waals surface area (Å²) >= 11 is 3.10. The highest BCUT2D eigenvalue weighted by atomic mass is 79.9. The average molecular weight is 352 g/mol. The van der Waals surface area contributed by atoms with Gasteiger partial charge in [0.1, 0.15) is 11.6 Å². The van der Waals surface area contributed by atoms with Crippen molar-refractivity contribution in [1.82, 2.24) is 0 Å². The Morgan fingerprint density at radius 3 is 2.62 bits per heavy atom. The Morgan fingerprint density at radius 2 is 1.86 bits per heavy atom. The predicted molar refractivity (Wildman–Crippen MR) is 76.0 cm³/mol. The second-order valence-electron chi connectivity index (χ2n) is 4.59. The van der Waals surface area contributed by atoms with Gasteiger partial charge in [0.2, 0.25) is 0 Å². The molecule has 3 rings (SSSR count).